The molecule has 0 bridgehead atoms. The van der Waals surface area contributed by atoms with Crippen molar-refractivity contribution < 1.29 is 24.5 Å². The summed E-state index contributed by atoms with van der Waals surface area (Å²) in [6.45, 7) is 3.45. The van der Waals surface area contributed by atoms with Gasteiger partial charge in [-0.1, -0.05) is 58.3 Å². The quantitative estimate of drug-likeness (QED) is 0.359. The first kappa shape index (κ1) is 18.9. The molecule has 0 spiro atoms. The van der Waals surface area contributed by atoms with E-state index >= 15 is 0 Å². The molecule has 5 nitrogen and oxygen atoms in total. The summed E-state index contributed by atoms with van der Waals surface area (Å²) in [6, 6.07) is 0. The van der Waals surface area contributed by atoms with Crippen LogP contribution in [0.15, 0.2) is 0 Å². The number of hydrogen-bond acceptors (Lipinski definition) is 5. The fourth-order valence-electron chi connectivity index (χ4n) is 1.78. The smallest absolute Gasteiger partial charge is 0.382 e. The van der Waals surface area contributed by atoms with Crippen molar-refractivity contribution >= 4 is 11.9 Å². The number of hydrogen-bond donors (Lipinski definition) is 1. The fourth-order valence-corrected chi connectivity index (χ4v) is 1.78. The molecule has 0 saturated heterocycles. The Morgan fingerprint density at radius 2 is 1.40 bits per heavy atom. The maximum atomic E-state index is 11.2. The topological polar surface area (TPSA) is 72.8 Å². The van der Waals surface area contributed by atoms with Gasteiger partial charge in [-0.25, -0.2) is 19.4 Å². The Bertz CT molecular complexity index is 263. The maximum Gasteiger partial charge on any atom is 0.383 e. The Morgan fingerprint density at radius 1 is 0.900 bits per heavy atom. The zero-order valence-corrected chi connectivity index (χ0v) is 12.7. The summed E-state index contributed by atoms with van der Waals surface area (Å²) in [5, 5.41) is 8.82. The second-order valence-corrected chi connectivity index (χ2v) is 5.11. The first-order chi connectivity index (χ1) is 9.57. The van der Waals surface area contributed by atoms with E-state index < -0.39 is 18.0 Å². The van der Waals surface area contributed by atoms with Crippen LogP contribution in [-0.4, -0.2) is 23.1 Å². The van der Waals surface area contributed by atoms with E-state index in [2.05, 4.69) is 16.7 Å². The van der Waals surface area contributed by atoms with Gasteiger partial charge in [0.25, 0.3) is 0 Å². The van der Waals surface area contributed by atoms with Crippen LogP contribution < -0.4 is 0 Å². The fraction of sp³-hybridized carbons (Fsp3) is 0.867. The Hall–Kier alpha value is -1.10. The van der Waals surface area contributed by atoms with Crippen LogP contribution in [0.1, 0.15) is 78.1 Å². The molecule has 0 aliphatic heterocycles. The third-order valence-electron chi connectivity index (χ3n) is 3.04. The van der Waals surface area contributed by atoms with Gasteiger partial charge in [-0.3, -0.25) is 0 Å². The van der Waals surface area contributed by atoms with Crippen LogP contribution in [0.2, 0.25) is 0 Å². The Kier molecular flexibility index (Phi) is 12.2. The van der Waals surface area contributed by atoms with Crippen LogP contribution in [0.3, 0.4) is 0 Å². The van der Waals surface area contributed by atoms with E-state index in [1.165, 1.54) is 45.4 Å². The van der Waals surface area contributed by atoms with Gasteiger partial charge in [0, 0.05) is 0 Å². The van der Waals surface area contributed by atoms with Crippen molar-refractivity contribution in [3.8, 4) is 0 Å². The minimum atomic E-state index is -1.28. The maximum absolute atomic E-state index is 11.2. The molecule has 0 aliphatic carbocycles. The number of carbonyl (C=O) groups is 2. The summed E-state index contributed by atoms with van der Waals surface area (Å²) in [4.78, 5) is 30.5. The van der Waals surface area contributed by atoms with Crippen LogP contribution in [0, 0.1) is 0 Å². The molecule has 20 heavy (non-hydrogen) atoms. The largest absolute Gasteiger partial charge is 0.383 e. The predicted octanol–water partition coefficient (Wildman–Crippen LogP) is 3.29. The molecular weight excluding hydrogens is 260 g/mol. The molecule has 0 saturated carbocycles. The molecule has 1 atom stereocenters. The van der Waals surface area contributed by atoms with Crippen LogP contribution in [0.4, 0.5) is 0 Å². The molecule has 0 fully saturated rings. The van der Waals surface area contributed by atoms with Gasteiger partial charge in [-0.05, 0) is 13.3 Å². The molecular formula is C15H28O5. The average molecular weight is 288 g/mol. The number of carbonyl (C=O) groups excluding carboxylic acids is 2. The van der Waals surface area contributed by atoms with Gasteiger partial charge in [0.15, 0.2) is 6.10 Å². The first-order valence-corrected chi connectivity index (χ1v) is 7.67. The number of aliphatic hydroxyl groups excluding tert-OH is 1. The van der Waals surface area contributed by atoms with Crippen molar-refractivity contribution in [2.75, 3.05) is 0 Å². The highest BCUT2D eigenvalue weighted by molar-refractivity contribution is 5.75. The Balaban J connectivity index is 3.29. The van der Waals surface area contributed by atoms with Gasteiger partial charge in [0.2, 0.25) is 0 Å². The Morgan fingerprint density at radius 3 is 1.90 bits per heavy atom. The zero-order chi connectivity index (χ0) is 15.2. The van der Waals surface area contributed by atoms with E-state index in [1.807, 2.05) is 0 Å². The SMILES string of the molecule is CCCCCCCCCCCC(=O)OOC(=O)C(C)O. The van der Waals surface area contributed by atoms with Gasteiger partial charge in [0.05, 0.1) is 6.42 Å². The van der Waals surface area contributed by atoms with E-state index in [1.54, 1.807) is 0 Å². The molecule has 0 amide bonds. The summed E-state index contributed by atoms with van der Waals surface area (Å²) >= 11 is 0. The monoisotopic (exact) mass is 288 g/mol. The summed E-state index contributed by atoms with van der Waals surface area (Å²) < 4.78 is 0. The molecule has 0 radical (unpaired) electrons. The molecule has 0 rings (SSSR count). The van der Waals surface area contributed by atoms with Crippen molar-refractivity contribution in [1.82, 2.24) is 0 Å². The van der Waals surface area contributed by atoms with Gasteiger partial charge >= 0.3 is 11.9 Å². The molecule has 0 aromatic rings. The minimum Gasteiger partial charge on any atom is -0.382 e. The lowest BCUT2D eigenvalue weighted by Crippen LogP contribution is -2.21. The zero-order valence-electron chi connectivity index (χ0n) is 12.7. The number of rotatable bonds is 11. The van der Waals surface area contributed by atoms with E-state index in [9.17, 15) is 9.59 Å². The van der Waals surface area contributed by atoms with Crippen LogP contribution >= 0.6 is 0 Å². The number of aliphatic hydroxyl groups is 1. The van der Waals surface area contributed by atoms with E-state index in [4.69, 9.17) is 5.11 Å². The van der Waals surface area contributed by atoms with Crippen molar-refractivity contribution in [2.45, 2.75) is 84.2 Å². The lowest BCUT2D eigenvalue weighted by molar-refractivity contribution is -0.264. The molecule has 5 heteroatoms. The average Bonchev–Trinajstić information content (AvgIpc) is 2.42. The Labute approximate surface area is 121 Å². The molecule has 1 unspecified atom stereocenters. The molecule has 0 heterocycles. The lowest BCUT2D eigenvalue weighted by Gasteiger charge is -2.04. The van der Waals surface area contributed by atoms with Gasteiger partial charge in [-0.15, -0.1) is 0 Å². The predicted molar refractivity (Wildman–Crippen MR) is 75.7 cm³/mol. The second-order valence-electron chi connectivity index (χ2n) is 5.11. The lowest BCUT2D eigenvalue weighted by atomic mass is 10.1. The normalized spacial score (nSPS) is 11.9. The molecule has 1 N–H and O–H groups in total. The summed E-state index contributed by atoms with van der Waals surface area (Å²) in [7, 11) is 0. The summed E-state index contributed by atoms with van der Waals surface area (Å²) in [5.41, 5.74) is 0. The molecule has 0 aromatic carbocycles. The van der Waals surface area contributed by atoms with Crippen molar-refractivity contribution in [1.29, 1.82) is 0 Å². The second kappa shape index (κ2) is 12.9. The summed E-state index contributed by atoms with van der Waals surface area (Å²) in [6.07, 6.45) is 9.45. The van der Waals surface area contributed by atoms with Gasteiger partial charge < -0.3 is 5.11 Å². The molecule has 0 aliphatic rings. The highest BCUT2D eigenvalue weighted by Crippen LogP contribution is 2.10. The minimum absolute atomic E-state index is 0.239. The molecule has 118 valence electrons. The van der Waals surface area contributed by atoms with Crippen molar-refractivity contribution in [3.63, 3.8) is 0 Å². The highest BCUT2D eigenvalue weighted by Gasteiger charge is 2.14. The van der Waals surface area contributed by atoms with E-state index in [0.717, 1.165) is 19.3 Å². The van der Waals surface area contributed by atoms with Crippen molar-refractivity contribution in [3.05, 3.63) is 0 Å². The van der Waals surface area contributed by atoms with Crippen molar-refractivity contribution in [2.24, 2.45) is 0 Å². The van der Waals surface area contributed by atoms with E-state index in [0.29, 0.717) is 0 Å². The summed E-state index contributed by atoms with van der Waals surface area (Å²) in [5.74, 6) is -1.52. The van der Waals surface area contributed by atoms with Crippen LogP contribution in [-0.2, 0) is 19.4 Å². The third kappa shape index (κ3) is 12.0. The third-order valence-corrected chi connectivity index (χ3v) is 3.04. The first-order valence-electron chi connectivity index (χ1n) is 7.67. The molecule has 0 aromatic heterocycles. The standard InChI is InChI=1S/C15H28O5/c1-3-4-5-6-7-8-9-10-11-12-14(17)19-20-15(18)13(2)16/h13,16H,3-12H2,1-2H3. The van der Waals surface area contributed by atoms with Crippen LogP contribution in [0.25, 0.3) is 0 Å². The van der Waals surface area contributed by atoms with E-state index in [-0.39, 0.29) is 6.42 Å². The van der Waals surface area contributed by atoms with Gasteiger partial charge in [0.1, 0.15) is 0 Å². The number of unbranched alkanes of at least 4 members (excludes halogenated alkanes) is 8. The van der Waals surface area contributed by atoms with Gasteiger partial charge in [-0.2, -0.15) is 0 Å². The van der Waals surface area contributed by atoms with Crippen LogP contribution in [0.5, 0.6) is 0 Å². The highest BCUT2D eigenvalue weighted by atomic mass is 17.2.